The van der Waals surface area contributed by atoms with Crippen LogP contribution in [0.5, 0.6) is 0 Å². The number of nitrogens with one attached hydrogen (secondary N) is 1. The number of hydrogen-bond donors (Lipinski definition) is 1. The van der Waals surface area contributed by atoms with E-state index in [9.17, 15) is 13.2 Å². The van der Waals surface area contributed by atoms with Gasteiger partial charge in [0.2, 0.25) is 15.9 Å². The summed E-state index contributed by atoms with van der Waals surface area (Å²) in [5.41, 5.74) is 0.943. The first-order valence-corrected chi connectivity index (χ1v) is 10.0. The van der Waals surface area contributed by atoms with Gasteiger partial charge in [0.05, 0.1) is 5.75 Å². The Morgan fingerprint density at radius 2 is 2.09 bits per heavy atom. The average Bonchev–Trinajstić information content (AvgIpc) is 2.53. The average molecular weight is 401 g/mol. The standard InChI is InChI=1S/C16H21BrN2O3S/c1-2-23(21,22)19-10-8-15(9-11-19)18-16(20)7-6-13-4-3-5-14(17)12-13/h3-7,12,15H,2,8-11H2,1H3,(H,18,20)/b7-6+. The molecule has 1 aliphatic heterocycles. The van der Waals surface area contributed by atoms with Gasteiger partial charge < -0.3 is 5.32 Å². The highest BCUT2D eigenvalue weighted by Crippen LogP contribution is 2.15. The summed E-state index contributed by atoms with van der Waals surface area (Å²) in [5.74, 6) is -0.0267. The van der Waals surface area contributed by atoms with Crippen molar-refractivity contribution in [1.82, 2.24) is 9.62 Å². The predicted molar refractivity (Wildman–Crippen MR) is 95.4 cm³/mol. The zero-order chi connectivity index (χ0) is 16.9. The van der Waals surface area contributed by atoms with Crippen molar-refractivity contribution in [3.05, 3.63) is 40.4 Å². The molecule has 0 aliphatic carbocycles. The SMILES string of the molecule is CCS(=O)(=O)N1CCC(NC(=O)/C=C/c2cccc(Br)c2)CC1. The Morgan fingerprint density at radius 1 is 1.39 bits per heavy atom. The van der Waals surface area contributed by atoms with Crippen LogP contribution in [0.1, 0.15) is 25.3 Å². The second-order valence-electron chi connectivity index (χ2n) is 5.47. The van der Waals surface area contributed by atoms with Crippen molar-refractivity contribution in [3.8, 4) is 0 Å². The summed E-state index contributed by atoms with van der Waals surface area (Å²) in [6, 6.07) is 7.71. The van der Waals surface area contributed by atoms with Crippen molar-refractivity contribution in [2.75, 3.05) is 18.8 Å². The highest BCUT2D eigenvalue weighted by atomic mass is 79.9. The third-order valence-electron chi connectivity index (χ3n) is 3.83. The van der Waals surface area contributed by atoms with Gasteiger partial charge in [-0.1, -0.05) is 28.1 Å². The van der Waals surface area contributed by atoms with Crippen molar-refractivity contribution in [2.45, 2.75) is 25.8 Å². The molecule has 0 aromatic heterocycles. The number of carbonyl (C=O) groups excluding carboxylic acids is 1. The maximum absolute atomic E-state index is 12.0. The molecule has 7 heteroatoms. The van der Waals surface area contributed by atoms with Gasteiger partial charge in [0, 0.05) is 29.7 Å². The minimum atomic E-state index is -3.12. The molecule has 1 heterocycles. The second kappa shape index (κ2) is 8.08. The number of benzene rings is 1. The van der Waals surface area contributed by atoms with Crippen LogP contribution in [0.15, 0.2) is 34.8 Å². The number of nitrogens with zero attached hydrogens (tertiary/aromatic N) is 1. The van der Waals surface area contributed by atoms with Gasteiger partial charge in [-0.05, 0) is 43.5 Å². The fraction of sp³-hybridized carbons (Fsp3) is 0.438. The summed E-state index contributed by atoms with van der Waals surface area (Å²) in [6.07, 6.45) is 4.57. The highest BCUT2D eigenvalue weighted by molar-refractivity contribution is 9.10. The Labute approximate surface area is 145 Å². The van der Waals surface area contributed by atoms with Gasteiger partial charge in [0.1, 0.15) is 0 Å². The van der Waals surface area contributed by atoms with Crippen LogP contribution in [0.25, 0.3) is 6.08 Å². The molecular weight excluding hydrogens is 380 g/mol. The Balaban J connectivity index is 1.83. The largest absolute Gasteiger partial charge is 0.350 e. The Hall–Kier alpha value is -1.18. The summed E-state index contributed by atoms with van der Waals surface area (Å²) in [5, 5.41) is 2.93. The first-order valence-electron chi connectivity index (χ1n) is 7.62. The van der Waals surface area contributed by atoms with Crippen molar-refractivity contribution < 1.29 is 13.2 Å². The van der Waals surface area contributed by atoms with E-state index in [2.05, 4.69) is 21.2 Å². The number of halogens is 1. The summed E-state index contributed by atoms with van der Waals surface area (Å²) < 4.78 is 26.1. The predicted octanol–water partition coefficient (Wildman–Crippen LogP) is 2.39. The van der Waals surface area contributed by atoms with Crippen LogP contribution in [0.2, 0.25) is 0 Å². The summed E-state index contributed by atoms with van der Waals surface area (Å²) in [6.45, 7) is 2.59. The molecule has 0 bridgehead atoms. The van der Waals surface area contributed by atoms with Gasteiger partial charge in [-0.15, -0.1) is 0 Å². The van der Waals surface area contributed by atoms with E-state index in [0.29, 0.717) is 25.9 Å². The quantitative estimate of drug-likeness (QED) is 0.771. The van der Waals surface area contributed by atoms with Crippen LogP contribution in [0, 0.1) is 0 Å². The van der Waals surface area contributed by atoms with Gasteiger partial charge in [-0.2, -0.15) is 0 Å². The minimum Gasteiger partial charge on any atom is -0.350 e. The second-order valence-corrected chi connectivity index (χ2v) is 8.64. The lowest BCUT2D eigenvalue weighted by molar-refractivity contribution is -0.117. The minimum absolute atomic E-state index is 0.0259. The van der Waals surface area contributed by atoms with Gasteiger partial charge in [-0.25, -0.2) is 12.7 Å². The van der Waals surface area contributed by atoms with Gasteiger partial charge in [-0.3, -0.25) is 4.79 Å². The van der Waals surface area contributed by atoms with Crippen LogP contribution < -0.4 is 5.32 Å². The van der Waals surface area contributed by atoms with Crippen LogP contribution in [0.3, 0.4) is 0 Å². The molecule has 23 heavy (non-hydrogen) atoms. The summed E-state index contributed by atoms with van der Waals surface area (Å²) in [4.78, 5) is 12.0. The van der Waals surface area contributed by atoms with Crippen LogP contribution >= 0.6 is 15.9 Å². The number of sulfonamides is 1. The maximum atomic E-state index is 12.0. The normalized spacial score (nSPS) is 17.5. The molecule has 0 radical (unpaired) electrons. The lowest BCUT2D eigenvalue weighted by atomic mass is 10.1. The van der Waals surface area contributed by atoms with Crippen LogP contribution in [-0.4, -0.2) is 43.5 Å². The van der Waals surface area contributed by atoms with E-state index in [1.165, 1.54) is 10.4 Å². The smallest absolute Gasteiger partial charge is 0.244 e. The zero-order valence-electron chi connectivity index (χ0n) is 13.0. The monoisotopic (exact) mass is 400 g/mol. The van der Waals surface area contributed by atoms with E-state index in [0.717, 1.165) is 10.0 Å². The lowest BCUT2D eigenvalue weighted by Gasteiger charge is -2.31. The van der Waals surface area contributed by atoms with Gasteiger partial charge in [0.25, 0.3) is 0 Å². The molecule has 2 rings (SSSR count). The lowest BCUT2D eigenvalue weighted by Crippen LogP contribution is -2.46. The molecule has 0 unspecified atom stereocenters. The summed E-state index contributed by atoms with van der Waals surface area (Å²) in [7, 11) is -3.12. The first-order chi connectivity index (χ1) is 10.9. The topological polar surface area (TPSA) is 66.5 Å². The number of carbonyl (C=O) groups is 1. The molecule has 1 saturated heterocycles. The number of rotatable bonds is 5. The molecule has 1 amide bonds. The summed E-state index contributed by atoms with van der Waals surface area (Å²) >= 11 is 3.39. The number of hydrogen-bond acceptors (Lipinski definition) is 3. The van der Waals surface area contributed by atoms with E-state index < -0.39 is 10.0 Å². The molecule has 0 saturated carbocycles. The van der Waals surface area contributed by atoms with E-state index in [4.69, 9.17) is 0 Å². The molecule has 1 aliphatic rings. The Bertz CT molecular complexity index is 680. The van der Waals surface area contributed by atoms with Crippen LogP contribution in [0.4, 0.5) is 0 Å². The van der Waals surface area contributed by atoms with Crippen molar-refractivity contribution in [1.29, 1.82) is 0 Å². The maximum Gasteiger partial charge on any atom is 0.244 e. The molecule has 1 aromatic carbocycles. The van der Waals surface area contributed by atoms with E-state index in [-0.39, 0.29) is 17.7 Å². The van der Waals surface area contributed by atoms with Crippen LogP contribution in [-0.2, 0) is 14.8 Å². The molecule has 1 aromatic rings. The Morgan fingerprint density at radius 3 is 2.70 bits per heavy atom. The fourth-order valence-electron chi connectivity index (χ4n) is 2.49. The highest BCUT2D eigenvalue weighted by Gasteiger charge is 2.26. The fourth-order valence-corrected chi connectivity index (χ4v) is 4.04. The molecular formula is C16H21BrN2O3S. The van der Waals surface area contributed by atoms with E-state index >= 15 is 0 Å². The van der Waals surface area contributed by atoms with Crippen molar-refractivity contribution in [3.63, 3.8) is 0 Å². The molecule has 1 fully saturated rings. The first kappa shape index (κ1) is 18.2. The van der Waals surface area contributed by atoms with Crippen molar-refractivity contribution >= 4 is 37.9 Å². The molecule has 0 atom stereocenters. The molecule has 1 N–H and O–H groups in total. The molecule has 126 valence electrons. The van der Waals surface area contributed by atoms with Gasteiger partial charge >= 0.3 is 0 Å². The van der Waals surface area contributed by atoms with E-state index in [1.54, 1.807) is 13.0 Å². The Kier molecular flexibility index (Phi) is 6.38. The third-order valence-corrected chi connectivity index (χ3v) is 6.21. The zero-order valence-corrected chi connectivity index (χ0v) is 15.4. The molecule has 0 spiro atoms. The van der Waals surface area contributed by atoms with Gasteiger partial charge in [0.15, 0.2) is 0 Å². The van der Waals surface area contributed by atoms with E-state index in [1.807, 2.05) is 24.3 Å². The molecule has 5 nitrogen and oxygen atoms in total. The number of amides is 1. The number of piperidine rings is 1. The van der Waals surface area contributed by atoms with Crippen molar-refractivity contribution in [2.24, 2.45) is 0 Å². The third kappa shape index (κ3) is 5.44.